The molecule has 0 fully saturated rings. The second kappa shape index (κ2) is 8.66. The van der Waals surface area contributed by atoms with Crippen molar-refractivity contribution >= 4 is 51.4 Å². The Morgan fingerprint density at radius 2 is 1.78 bits per heavy atom. The molecule has 0 unspecified atom stereocenters. The van der Waals surface area contributed by atoms with Gasteiger partial charge in [-0.15, -0.1) is 11.3 Å². The van der Waals surface area contributed by atoms with E-state index in [1.807, 2.05) is 31.2 Å². The summed E-state index contributed by atoms with van der Waals surface area (Å²) in [4.78, 5) is 28.5. The lowest BCUT2D eigenvalue weighted by Gasteiger charge is -2.07. The van der Waals surface area contributed by atoms with Gasteiger partial charge in [0.15, 0.2) is 5.13 Å². The van der Waals surface area contributed by atoms with Crippen LogP contribution in [0.25, 0.3) is 0 Å². The average Bonchev–Trinajstić information content (AvgIpc) is 3.05. The molecule has 0 atom stereocenters. The minimum Gasteiger partial charge on any atom is -0.326 e. The Labute approximate surface area is 165 Å². The summed E-state index contributed by atoms with van der Waals surface area (Å²) in [6, 6.07) is 13.9. The zero-order valence-electron chi connectivity index (χ0n) is 14.5. The van der Waals surface area contributed by atoms with Crippen molar-refractivity contribution in [3.63, 3.8) is 0 Å². The molecule has 6 nitrogen and oxygen atoms in total. The second-order valence-corrected chi connectivity index (χ2v) is 7.06. The van der Waals surface area contributed by atoms with E-state index in [1.54, 1.807) is 29.6 Å². The van der Waals surface area contributed by atoms with E-state index < -0.39 is 6.03 Å². The van der Waals surface area contributed by atoms with Crippen molar-refractivity contribution < 1.29 is 9.59 Å². The lowest BCUT2D eigenvalue weighted by Crippen LogP contribution is -2.19. The molecule has 3 amide bonds. The number of benzene rings is 2. The largest absolute Gasteiger partial charge is 0.326 e. The minimum atomic E-state index is -0.414. The van der Waals surface area contributed by atoms with E-state index >= 15 is 0 Å². The number of carbonyl (C=O) groups excluding carboxylic acids is 2. The highest BCUT2D eigenvalue weighted by atomic mass is 35.5. The van der Waals surface area contributed by atoms with Gasteiger partial charge in [-0.3, -0.25) is 10.1 Å². The lowest BCUT2D eigenvalue weighted by molar-refractivity contribution is -0.115. The normalized spacial score (nSPS) is 10.3. The number of nitrogens with one attached hydrogen (secondary N) is 3. The molecule has 0 aliphatic rings. The molecule has 0 radical (unpaired) electrons. The molecule has 1 heterocycles. The molecule has 0 saturated heterocycles. The molecule has 3 rings (SSSR count). The van der Waals surface area contributed by atoms with Crippen LogP contribution >= 0.6 is 22.9 Å². The maximum Gasteiger partial charge on any atom is 0.325 e. The molecule has 0 bridgehead atoms. The van der Waals surface area contributed by atoms with Crippen molar-refractivity contribution in [3.8, 4) is 0 Å². The van der Waals surface area contributed by atoms with Gasteiger partial charge in [0.05, 0.1) is 12.1 Å². The number of carbonyl (C=O) groups is 2. The van der Waals surface area contributed by atoms with Crippen molar-refractivity contribution in [2.45, 2.75) is 13.3 Å². The van der Waals surface area contributed by atoms with Gasteiger partial charge in [0.2, 0.25) is 5.91 Å². The van der Waals surface area contributed by atoms with Crippen molar-refractivity contribution in [2.24, 2.45) is 0 Å². The molecular weight excluding hydrogens is 384 g/mol. The van der Waals surface area contributed by atoms with E-state index in [1.165, 1.54) is 11.3 Å². The maximum absolute atomic E-state index is 12.2. The molecule has 8 heteroatoms. The van der Waals surface area contributed by atoms with Gasteiger partial charge in [0.25, 0.3) is 0 Å². The summed E-state index contributed by atoms with van der Waals surface area (Å²) in [5.41, 5.74) is 2.97. The third-order valence-corrected chi connectivity index (χ3v) is 4.69. The van der Waals surface area contributed by atoms with Crippen LogP contribution in [0.1, 0.15) is 11.3 Å². The van der Waals surface area contributed by atoms with Gasteiger partial charge in [-0.05, 0) is 42.8 Å². The number of urea groups is 1. The van der Waals surface area contributed by atoms with Crippen molar-refractivity contribution in [1.29, 1.82) is 0 Å². The van der Waals surface area contributed by atoms with E-state index in [4.69, 9.17) is 11.6 Å². The molecule has 0 aliphatic heterocycles. The fourth-order valence-corrected chi connectivity index (χ4v) is 3.14. The molecule has 3 N–H and O–H groups in total. The Morgan fingerprint density at radius 3 is 2.52 bits per heavy atom. The summed E-state index contributed by atoms with van der Waals surface area (Å²) in [5.74, 6) is -0.160. The van der Waals surface area contributed by atoms with Gasteiger partial charge < -0.3 is 10.6 Å². The van der Waals surface area contributed by atoms with E-state index in [0.717, 1.165) is 11.3 Å². The molecule has 0 saturated carbocycles. The summed E-state index contributed by atoms with van der Waals surface area (Å²) < 4.78 is 0. The SMILES string of the molecule is Cc1ccccc1NC(=O)Cc1csc(NC(=O)Nc2ccc(Cl)cc2)n1. The van der Waals surface area contributed by atoms with Gasteiger partial charge in [-0.25, -0.2) is 9.78 Å². The fourth-order valence-electron chi connectivity index (χ4n) is 2.31. The second-order valence-electron chi connectivity index (χ2n) is 5.77. The van der Waals surface area contributed by atoms with Gasteiger partial charge in [0.1, 0.15) is 0 Å². The fraction of sp³-hybridized carbons (Fsp3) is 0.105. The zero-order valence-corrected chi connectivity index (χ0v) is 16.0. The van der Waals surface area contributed by atoms with Crippen LogP contribution in [0.3, 0.4) is 0 Å². The van der Waals surface area contributed by atoms with E-state index in [-0.39, 0.29) is 12.3 Å². The molecule has 2 aromatic carbocycles. The Bertz CT molecular complexity index is 956. The van der Waals surface area contributed by atoms with E-state index in [9.17, 15) is 9.59 Å². The summed E-state index contributed by atoms with van der Waals surface area (Å²) >= 11 is 7.07. The number of halogens is 1. The van der Waals surface area contributed by atoms with E-state index in [0.29, 0.717) is 21.5 Å². The first kappa shape index (κ1) is 18.9. The average molecular weight is 401 g/mol. The summed E-state index contributed by atoms with van der Waals surface area (Å²) in [7, 11) is 0. The highest BCUT2D eigenvalue weighted by Crippen LogP contribution is 2.18. The number of hydrogen-bond acceptors (Lipinski definition) is 4. The first-order valence-corrected chi connectivity index (χ1v) is 9.39. The molecule has 0 spiro atoms. The van der Waals surface area contributed by atoms with Gasteiger partial charge in [0, 0.05) is 21.8 Å². The first-order chi connectivity index (χ1) is 13.0. The first-order valence-electron chi connectivity index (χ1n) is 8.13. The third kappa shape index (κ3) is 5.54. The monoisotopic (exact) mass is 400 g/mol. The number of para-hydroxylation sites is 1. The Kier molecular flexibility index (Phi) is 6.05. The highest BCUT2D eigenvalue weighted by molar-refractivity contribution is 7.14. The predicted octanol–water partition coefficient (Wildman–Crippen LogP) is 4.93. The van der Waals surface area contributed by atoms with Crippen LogP contribution in [-0.2, 0) is 11.2 Å². The molecule has 0 aliphatic carbocycles. The number of thiazole rings is 1. The summed E-state index contributed by atoms with van der Waals surface area (Å²) in [5, 5.41) is 11.0. The van der Waals surface area contributed by atoms with Crippen LogP contribution in [0.2, 0.25) is 5.02 Å². The quantitative estimate of drug-likeness (QED) is 0.567. The van der Waals surface area contributed by atoms with E-state index in [2.05, 4.69) is 20.9 Å². The van der Waals surface area contributed by atoms with Crippen LogP contribution in [0.5, 0.6) is 0 Å². The Hall–Kier alpha value is -2.90. The molecular formula is C19H17ClN4O2S. The molecule has 1 aromatic heterocycles. The Morgan fingerprint density at radius 1 is 1.04 bits per heavy atom. The topological polar surface area (TPSA) is 83.1 Å². The standard InChI is InChI=1S/C19H17ClN4O2S/c1-12-4-2-3-5-16(12)23-17(25)10-15-11-27-19(22-15)24-18(26)21-14-8-6-13(20)7-9-14/h2-9,11H,10H2,1H3,(H,23,25)(H2,21,22,24,26). The van der Waals surface area contributed by atoms with Crippen LogP contribution < -0.4 is 16.0 Å². The van der Waals surface area contributed by atoms with Crippen LogP contribution in [0, 0.1) is 6.92 Å². The van der Waals surface area contributed by atoms with Crippen molar-refractivity contribution in [1.82, 2.24) is 4.98 Å². The summed E-state index contributed by atoms with van der Waals surface area (Å²) in [6.45, 7) is 1.93. The van der Waals surface area contributed by atoms with Crippen molar-refractivity contribution in [2.75, 3.05) is 16.0 Å². The molecule has 138 valence electrons. The summed E-state index contributed by atoms with van der Waals surface area (Å²) in [6.07, 6.45) is 0.130. The highest BCUT2D eigenvalue weighted by Gasteiger charge is 2.11. The third-order valence-electron chi connectivity index (χ3n) is 3.64. The van der Waals surface area contributed by atoms with Gasteiger partial charge in [-0.1, -0.05) is 29.8 Å². The number of aryl methyl sites for hydroxylation is 1. The van der Waals surface area contributed by atoms with Crippen LogP contribution in [0.4, 0.5) is 21.3 Å². The zero-order chi connectivity index (χ0) is 19.2. The molecule has 3 aromatic rings. The van der Waals surface area contributed by atoms with Gasteiger partial charge in [-0.2, -0.15) is 0 Å². The number of nitrogens with zero attached hydrogens (tertiary/aromatic N) is 1. The van der Waals surface area contributed by atoms with Gasteiger partial charge >= 0.3 is 6.03 Å². The smallest absolute Gasteiger partial charge is 0.325 e. The van der Waals surface area contributed by atoms with Crippen LogP contribution in [-0.4, -0.2) is 16.9 Å². The lowest BCUT2D eigenvalue weighted by atomic mass is 10.2. The van der Waals surface area contributed by atoms with Crippen molar-refractivity contribution in [3.05, 3.63) is 70.2 Å². The number of hydrogen-bond donors (Lipinski definition) is 3. The number of anilines is 3. The number of aromatic nitrogens is 1. The maximum atomic E-state index is 12.2. The number of amides is 3. The predicted molar refractivity (Wildman–Crippen MR) is 110 cm³/mol. The Balaban J connectivity index is 1.53. The number of rotatable bonds is 5. The minimum absolute atomic E-state index is 0.130. The molecule has 27 heavy (non-hydrogen) atoms. The van der Waals surface area contributed by atoms with Crippen LogP contribution in [0.15, 0.2) is 53.9 Å².